The summed E-state index contributed by atoms with van der Waals surface area (Å²) in [5.41, 5.74) is 7.17. The molecule has 1 aromatic carbocycles. The number of carbonyl (C=O) groups excluding carboxylic acids is 1. The molecule has 2 N–H and O–H groups in total. The molecule has 3 heteroatoms. The van der Waals surface area contributed by atoms with Crippen LogP contribution in [0.5, 0.6) is 0 Å². The Morgan fingerprint density at radius 1 is 1.58 bits per heavy atom. The molecule has 2 nitrogen and oxygen atoms in total. The molecule has 0 fully saturated rings. The van der Waals surface area contributed by atoms with Crippen LogP contribution < -0.4 is 5.73 Å². The SMILES string of the molecule is Cc1ccc(CC(N)=O)c(Br)c1. The Labute approximate surface area is 79.9 Å². The Bertz CT molecular complexity index is 309. The van der Waals surface area contributed by atoms with E-state index in [0.717, 1.165) is 15.6 Å². The van der Waals surface area contributed by atoms with Gasteiger partial charge in [-0.25, -0.2) is 0 Å². The first-order valence-electron chi connectivity index (χ1n) is 3.63. The lowest BCUT2D eigenvalue weighted by molar-refractivity contribution is -0.117. The normalized spacial score (nSPS) is 9.83. The number of hydrogen-bond donors (Lipinski definition) is 1. The number of primary amides is 1. The van der Waals surface area contributed by atoms with Gasteiger partial charge in [0.05, 0.1) is 6.42 Å². The predicted octanol–water partition coefficient (Wildman–Crippen LogP) is 1.79. The molecule has 0 heterocycles. The molecule has 1 amide bonds. The van der Waals surface area contributed by atoms with Crippen LogP contribution in [0.2, 0.25) is 0 Å². The van der Waals surface area contributed by atoms with Gasteiger partial charge in [0, 0.05) is 4.47 Å². The van der Waals surface area contributed by atoms with E-state index in [0.29, 0.717) is 6.42 Å². The Morgan fingerprint density at radius 2 is 2.25 bits per heavy atom. The summed E-state index contributed by atoms with van der Waals surface area (Å²) >= 11 is 3.37. The second-order valence-corrected chi connectivity index (χ2v) is 3.59. The third-order valence-corrected chi connectivity index (χ3v) is 2.31. The number of rotatable bonds is 2. The Kier molecular flexibility index (Phi) is 2.87. The molecule has 64 valence electrons. The number of aryl methyl sites for hydroxylation is 1. The number of benzene rings is 1. The third kappa shape index (κ3) is 2.34. The van der Waals surface area contributed by atoms with Gasteiger partial charge in [0.15, 0.2) is 0 Å². The van der Waals surface area contributed by atoms with Crippen LogP contribution in [0.3, 0.4) is 0 Å². The largest absolute Gasteiger partial charge is 0.369 e. The summed E-state index contributed by atoms with van der Waals surface area (Å²) < 4.78 is 0.946. The summed E-state index contributed by atoms with van der Waals surface area (Å²) in [6.07, 6.45) is 0.293. The van der Waals surface area contributed by atoms with Gasteiger partial charge in [0.2, 0.25) is 5.91 Å². The van der Waals surface area contributed by atoms with Crippen LogP contribution in [0, 0.1) is 6.92 Å². The summed E-state index contributed by atoms with van der Waals surface area (Å²) in [7, 11) is 0. The predicted molar refractivity (Wildman–Crippen MR) is 51.8 cm³/mol. The minimum Gasteiger partial charge on any atom is -0.369 e. The van der Waals surface area contributed by atoms with Crippen LogP contribution in [0.25, 0.3) is 0 Å². The van der Waals surface area contributed by atoms with Crippen LogP contribution in [0.15, 0.2) is 22.7 Å². The quantitative estimate of drug-likeness (QED) is 0.823. The van der Waals surface area contributed by atoms with Crippen LogP contribution in [-0.2, 0) is 11.2 Å². The topological polar surface area (TPSA) is 43.1 Å². The van der Waals surface area contributed by atoms with E-state index in [1.165, 1.54) is 0 Å². The molecule has 0 spiro atoms. The fourth-order valence-electron chi connectivity index (χ4n) is 0.983. The highest BCUT2D eigenvalue weighted by Crippen LogP contribution is 2.18. The van der Waals surface area contributed by atoms with E-state index < -0.39 is 0 Å². The van der Waals surface area contributed by atoms with E-state index in [2.05, 4.69) is 15.9 Å². The highest BCUT2D eigenvalue weighted by molar-refractivity contribution is 9.10. The van der Waals surface area contributed by atoms with E-state index in [-0.39, 0.29) is 5.91 Å². The maximum atomic E-state index is 10.6. The van der Waals surface area contributed by atoms with E-state index in [1.54, 1.807) is 0 Å². The van der Waals surface area contributed by atoms with Crippen molar-refractivity contribution in [3.63, 3.8) is 0 Å². The van der Waals surface area contributed by atoms with Gasteiger partial charge in [0.25, 0.3) is 0 Å². The number of amides is 1. The van der Waals surface area contributed by atoms with Crippen molar-refractivity contribution in [3.8, 4) is 0 Å². The summed E-state index contributed by atoms with van der Waals surface area (Å²) in [5, 5.41) is 0. The van der Waals surface area contributed by atoms with Gasteiger partial charge in [-0.1, -0.05) is 28.1 Å². The summed E-state index contributed by atoms with van der Waals surface area (Å²) in [6.45, 7) is 2.00. The lowest BCUT2D eigenvalue weighted by atomic mass is 10.1. The molecular weight excluding hydrogens is 218 g/mol. The molecule has 0 aliphatic rings. The maximum absolute atomic E-state index is 10.6. The molecule has 0 aromatic heterocycles. The average Bonchev–Trinajstić information content (AvgIpc) is 1.94. The zero-order chi connectivity index (χ0) is 9.14. The minimum atomic E-state index is -0.306. The van der Waals surface area contributed by atoms with Gasteiger partial charge in [-0.2, -0.15) is 0 Å². The molecule has 12 heavy (non-hydrogen) atoms. The van der Waals surface area contributed by atoms with Crippen LogP contribution in [0.4, 0.5) is 0 Å². The first-order chi connectivity index (χ1) is 5.59. The van der Waals surface area contributed by atoms with Gasteiger partial charge in [-0.15, -0.1) is 0 Å². The molecule has 0 saturated carbocycles. The average molecular weight is 228 g/mol. The van der Waals surface area contributed by atoms with Crippen molar-refractivity contribution in [3.05, 3.63) is 33.8 Å². The second-order valence-electron chi connectivity index (χ2n) is 2.74. The van der Waals surface area contributed by atoms with Crippen molar-refractivity contribution < 1.29 is 4.79 Å². The maximum Gasteiger partial charge on any atom is 0.221 e. The molecule has 0 aliphatic heterocycles. The third-order valence-electron chi connectivity index (χ3n) is 1.57. The van der Waals surface area contributed by atoms with Crippen molar-refractivity contribution in [1.29, 1.82) is 0 Å². The van der Waals surface area contributed by atoms with Crippen LogP contribution in [-0.4, -0.2) is 5.91 Å². The lowest BCUT2D eigenvalue weighted by Gasteiger charge is -2.02. The summed E-state index contributed by atoms with van der Waals surface area (Å²) in [4.78, 5) is 10.6. The van der Waals surface area contributed by atoms with Gasteiger partial charge in [-0.05, 0) is 24.1 Å². The van der Waals surface area contributed by atoms with E-state index in [4.69, 9.17) is 5.73 Å². The van der Waals surface area contributed by atoms with Crippen molar-refractivity contribution in [1.82, 2.24) is 0 Å². The number of hydrogen-bond acceptors (Lipinski definition) is 1. The molecule has 0 radical (unpaired) electrons. The highest BCUT2D eigenvalue weighted by Gasteiger charge is 2.02. The molecular formula is C9H10BrNO. The van der Waals surface area contributed by atoms with Crippen molar-refractivity contribution in [2.24, 2.45) is 5.73 Å². The Balaban J connectivity index is 2.93. The molecule has 1 rings (SSSR count). The van der Waals surface area contributed by atoms with Crippen molar-refractivity contribution in [2.75, 3.05) is 0 Å². The van der Waals surface area contributed by atoms with E-state index in [9.17, 15) is 4.79 Å². The molecule has 0 bridgehead atoms. The smallest absolute Gasteiger partial charge is 0.221 e. The highest BCUT2D eigenvalue weighted by atomic mass is 79.9. The van der Waals surface area contributed by atoms with E-state index in [1.807, 2.05) is 25.1 Å². The molecule has 0 atom stereocenters. The van der Waals surface area contributed by atoms with Crippen LogP contribution in [0.1, 0.15) is 11.1 Å². The fraction of sp³-hybridized carbons (Fsp3) is 0.222. The zero-order valence-corrected chi connectivity index (χ0v) is 8.39. The molecule has 1 aromatic rings. The zero-order valence-electron chi connectivity index (χ0n) is 6.80. The lowest BCUT2D eigenvalue weighted by Crippen LogP contribution is -2.13. The van der Waals surface area contributed by atoms with Gasteiger partial charge in [-0.3, -0.25) is 4.79 Å². The Morgan fingerprint density at radius 3 is 2.75 bits per heavy atom. The van der Waals surface area contributed by atoms with Gasteiger partial charge < -0.3 is 5.73 Å². The molecule has 0 saturated heterocycles. The standard InChI is InChI=1S/C9H10BrNO/c1-6-2-3-7(5-9(11)12)8(10)4-6/h2-4H,5H2,1H3,(H2,11,12). The molecule has 0 aliphatic carbocycles. The van der Waals surface area contributed by atoms with E-state index >= 15 is 0 Å². The Hall–Kier alpha value is -0.830. The fourth-order valence-corrected chi connectivity index (χ4v) is 1.62. The monoisotopic (exact) mass is 227 g/mol. The number of carbonyl (C=O) groups is 1. The van der Waals surface area contributed by atoms with Gasteiger partial charge in [0.1, 0.15) is 0 Å². The number of nitrogens with two attached hydrogens (primary N) is 1. The van der Waals surface area contributed by atoms with Crippen molar-refractivity contribution >= 4 is 21.8 Å². The second kappa shape index (κ2) is 3.72. The number of halogens is 1. The van der Waals surface area contributed by atoms with Gasteiger partial charge >= 0.3 is 0 Å². The first kappa shape index (κ1) is 9.26. The summed E-state index contributed by atoms with van der Waals surface area (Å²) in [6, 6.07) is 5.84. The van der Waals surface area contributed by atoms with Crippen molar-refractivity contribution in [2.45, 2.75) is 13.3 Å². The first-order valence-corrected chi connectivity index (χ1v) is 4.42. The van der Waals surface area contributed by atoms with Crippen LogP contribution >= 0.6 is 15.9 Å². The summed E-state index contributed by atoms with van der Waals surface area (Å²) in [5.74, 6) is -0.306. The minimum absolute atomic E-state index is 0.293. The molecule has 0 unspecified atom stereocenters.